The number of rotatable bonds is 2. The van der Waals surface area contributed by atoms with Gasteiger partial charge in [-0.2, -0.15) is 0 Å². The Morgan fingerprint density at radius 3 is 1.89 bits per heavy atom. The van der Waals surface area contributed by atoms with Gasteiger partial charge in [0.25, 0.3) is 0 Å². The molecule has 1 fully saturated rings. The zero-order valence-electron chi connectivity index (χ0n) is 12.3. The van der Waals surface area contributed by atoms with Crippen LogP contribution in [0.15, 0.2) is 12.2 Å². The van der Waals surface area contributed by atoms with Gasteiger partial charge < -0.3 is 4.74 Å². The van der Waals surface area contributed by atoms with E-state index in [2.05, 4.69) is 34.3 Å². The molecule has 1 aliphatic rings. The molecular weight excluding hydrogens is 250 g/mol. The van der Waals surface area contributed by atoms with Crippen LogP contribution in [0, 0.1) is 0 Å². The van der Waals surface area contributed by atoms with Crippen molar-refractivity contribution in [2.24, 2.45) is 0 Å². The van der Waals surface area contributed by atoms with Gasteiger partial charge in [-0.25, -0.2) is 9.21 Å². The van der Waals surface area contributed by atoms with Crippen molar-refractivity contribution in [2.45, 2.75) is 71.1 Å². The lowest BCUT2D eigenvalue weighted by molar-refractivity contribution is -0.168. The molecule has 0 amide bonds. The van der Waals surface area contributed by atoms with Crippen molar-refractivity contribution in [3.8, 4) is 0 Å². The zero-order chi connectivity index (χ0) is 14.4. The Kier molecular flexibility index (Phi) is 3.91. The maximum atomic E-state index is 11.8. The number of esters is 1. The quantitative estimate of drug-likeness (QED) is 0.437. The van der Waals surface area contributed by atoms with E-state index in [1.807, 2.05) is 11.3 Å². The van der Waals surface area contributed by atoms with Crippen LogP contribution < -0.4 is 0 Å². The number of hydrogen-bond acceptors (Lipinski definition) is 3. The number of ether oxygens (including phenoxy) is 1. The van der Waals surface area contributed by atoms with Gasteiger partial charge >= 0.3 is 5.97 Å². The number of carbonyl (C=O) groups excluding carboxylic acids is 1. The second kappa shape index (κ2) is 4.53. The minimum Gasteiger partial charge on any atom is -0.456 e. The fraction of sp³-hybridized carbons (Fsp3) is 0.786. The van der Waals surface area contributed by atoms with E-state index in [1.165, 1.54) is 0 Å². The van der Waals surface area contributed by atoms with Crippen LogP contribution in [0.4, 0.5) is 0 Å². The summed E-state index contributed by atoms with van der Waals surface area (Å²) in [5, 5.41) is 0. The van der Waals surface area contributed by atoms with Crippen LogP contribution in [0.3, 0.4) is 0 Å². The van der Waals surface area contributed by atoms with E-state index in [-0.39, 0.29) is 17.0 Å². The Hall–Kier alpha value is -0.540. The van der Waals surface area contributed by atoms with Crippen LogP contribution in [-0.2, 0) is 9.53 Å². The third-order valence-corrected chi connectivity index (χ3v) is 4.28. The molecule has 1 heterocycles. The Bertz CT molecular complexity index is 356. The first-order valence-electron chi connectivity index (χ1n) is 6.25. The zero-order valence-corrected chi connectivity index (χ0v) is 13.0. The van der Waals surface area contributed by atoms with Crippen LogP contribution >= 0.6 is 11.8 Å². The van der Waals surface area contributed by atoms with E-state index in [0.29, 0.717) is 18.4 Å². The highest BCUT2D eigenvalue weighted by molar-refractivity contribution is 6.14. The largest absolute Gasteiger partial charge is 0.456 e. The van der Waals surface area contributed by atoms with Crippen molar-refractivity contribution in [1.82, 2.24) is 4.42 Å². The Balaban J connectivity index is 2.97. The topological polar surface area (TPSA) is 29.5 Å². The molecule has 0 bridgehead atoms. The van der Waals surface area contributed by atoms with E-state index >= 15 is 0 Å². The van der Waals surface area contributed by atoms with Gasteiger partial charge in [0.2, 0.25) is 0 Å². The second-order valence-electron chi connectivity index (χ2n) is 6.88. The Morgan fingerprint density at radius 2 is 1.56 bits per heavy atom. The smallest absolute Gasteiger partial charge is 0.333 e. The molecule has 0 aromatic rings. The molecule has 3 nitrogen and oxygen atoms in total. The van der Waals surface area contributed by atoms with Crippen LogP contribution in [0.25, 0.3) is 0 Å². The monoisotopic (exact) mass is 273 g/mol. The lowest BCUT2D eigenvalue weighted by atomic mass is 9.73. The molecule has 0 aromatic heterocycles. The molecule has 0 aromatic carbocycles. The summed E-state index contributed by atoms with van der Waals surface area (Å²) >= 11 is 6.40. The summed E-state index contributed by atoms with van der Waals surface area (Å²) in [6.45, 7) is 15.5. The molecule has 1 aliphatic heterocycles. The minimum atomic E-state index is -0.506. The van der Waals surface area contributed by atoms with Gasteiger partial charge in [-0.05, 0) is 53.3 Å². The standard InChI is InChI=1S/C14H24ClNO2/c1-10(2)11(17)18-14(7)8-12(3,4)16(15)13(5,6)9-14/h1,8-9H2,2-7H3. The first-order valence-corrected chi connectivity index (χ1v) is 6.58. The normalized spacial score (nSPS) is 25.5. The maximum absolute atomic E-state index is 11.8. The average molecular weight is 274 g/mol. The van der Waals surface area contributed by atoms with Gasteiger partial charge in [0.15, 0.2) is 0 Å². The molecule has 0 radical (unpaired) electrons. The minimum absolute atomic E-state index is 0.229. The summed E-state index contributed by atoms with van der Waals surface area (Å²) in [6, 6.07) is 0. The number of halogens is 1. The third kappa shape index (κ3) is 3.07. The number of hydrogen-bond donors (Lipinski definition) is 0. The summed E-state index contributed by atoms with van der Waals surface area (Å²) in [6.07, 6.45) is 1.40. The van der Waals surface area contributed by atoms with Crippen molar-refractivity contribution in [1.29, 1.82) is 0 Å². The SMILES string of the molecule is C=C(C)C(=O)OC1(C)CC(C)(C)N(Cl)C(C)(C)C1. The molecule has 4 heteroatoms. The fourth-order valence-corrected chi connectivity index (χ4v) is 3.35. The molecule has 0 atom stereocenters. The molecule has 0 aliphatic carbocycles. The molecule has 1 saturated heterocycles. The molecule has 0 unspecified atom stereocenters. The predicted octanol–water partition coefficient (Wildman–Crippen LogP) is 3.67. The molecule has 18 heavy (non-hydrogen) atoms. The lowest BCUT2D eigenvalue weighted by Gasteiger charge is -2.54. The third-order valence-electron chi connectivity index (χ3n) is 3.36. The predicted molar refractivity (Wildman–Crippen MR) is 74.4 cm³/mol. The van der Waals surface area contributed by atoms with Gasteiger partial charge in [-0.3, -0.25) is 0 Å². The lowest BCUT2D eigenvalue weighted by Crippen LogP contribution is -2.61. The summed E-state index contributed by atoms with van der Waals surface area (Å²) in [7, 11) is 0. The Morgan fingerprint density at radius 1 is 1.17 bits per heavy atom. The molecule has 0 spiro atoms. The second-order valence-corrected chi connectivity index (χ2v) is 7.22. The van der Waals surface area contributed by atoms with Gasteiger partial charge in [0, 0.05) is 29.5 Å². The fourth-order valence-electron chi connectivity index (χ4n) is 3.23. The van der Waals surface area contributed by atoms with Crippen molar-refractivity contribution in [3.05, 3.63) is 12.2 Å². The van der Waals surface area contributed by atoms with Crippen molar-refractivity contribution in [3.63, 3.8) is 0 Å². The van der Waals surface area contributed by atoms with E-state index in [0.717, 1.165) is 0 Å². The van der Waals surface area contributed by atoms with E-state index in [9.17, 15) is 4.79 Å². The molecule has 0 saturated carbocycles. The van der Waals surface area contributed by atoms with Gasteiger partial charge in [0.05, 0.1) is 0 Å². The van der Waals surface area contributed by atoms with E-state index < -0.39 is 5.60 Å². The highest BCUT2D eigenvalue weighted by Crippen LogP contribution is 2.46. The summed E-state index contributed by atoms with van der Waals surface area (Å²) in [5.74, 6) is -0.327. The van der Waals surface area contributed by atoms with Gasteiger partial charge in [0.1, 0.15) is 5.60 Å². The van der Waals surface area contributed by atoms with Gasteiger partial charge in [-0.15, -0.1) is 0 Å². The summed E-state index contributed by atoms with van der Waals surface area (Å²) in [4.78, 5) is 11.8. The van der Waals surface area contributed by atoms with Crippen LogP contribution in [0.1, 0.15) is 54.4 Å². The van der Waals surface area contributed by atoms with Crippen LogP contribution in [-0.4, -0.2) is 27.1 Å². The van der Waals surface area contributed by atoms with Crippen molar-refractivity contribution in [2.75, 3.05) is 0 Å². The van der Waals surface area contributed by atoms with Crippen molar-refractivity contribution < 1.29 is 9.53 Å². The molecule has 104 valence electrons. The Labute approximate surface area is 115 Å². The first-order chi connectivity index (χ1) is 7.90. The maximum Gasteiger partial charge on any atom is 0.333 e. The molecular formula is C14H24ClNO2. The van der Waals surface area contributed by atoms with Crippen LogP contribution in [0.5, 0.6) is 0 Å². The number of piperidine rings is 1. The highest BCUT2D eigenvalue weighted by atomic mass is 35.5. The summed E-state index contributed by atoms with van der Waals surface area (Å²) in [5.41, 5.74) is -0.532. The number of carbonyl (C=O) groups is 1. The number of nitrogens with zero attached hydrogens (tertiary/aromatic N) is 1. The van der Waals surface area contributed by atoms with Gasteiger partial charge in [-0.1, -0.05) is 6.58 Å². The summed E-state index contributed by atoms with van der Waals surface area (Å²) < 4.78 is 7.48. The first kappa shape index (κ1) is 15.5. The van der Waals surface area contributed by atoms with Crippen LogP contribution in [0.2, 0.25) is 0 Å². The molecule has 0 N–H and O–H groups in total. The van der Waals surface area contributed by atoms with E-state index in [4.69, 9.17) is 16.5 Å². The van der Waals surface area contributed by atoms with E-state index in [1.54, 1.807) is 6.92 Å². The average Bonchev–Trinajstić information content (AvgIpc) is 2.11. The highest BCUT2D eigenvalue weighted by Gasteiger charge is 2.51. The van der Waals surface area contributed by atoms with Crippen molar-refractivity contribution >= 4 is 17.7 Å². The molecule has 1 rings (SSSR count).